The summed E-state index contributed by atoms with van der Waals surface area (Å²) < 4.78 is 0. The van der Waals surface area contributed by atoms with Gasteiger partial charge in [-0.2, -0.15) is 0 Å². The van der Waals surface area contributed by atoms with Crippen LogP contribution in [0.25, 0.3) is 0 Å². The summed E-state index contributed by atoms with van der Waals surface area (Å²) in [5, 5.41) is 0. The molecule has 0 unspecified atom stereocenters. The largest absolute Gasteiger partial charge is 0.320 e. The SMILES string of the molecule is C#C[C@@H](CC)[C@H](N)C(C)=O. The molecule has 2 heteroatoms. The van der Waals surface area contributed by atoms with E-state index in [1.54, 1.807) is 0 Å². The summed E-state index contributed by atoms with van der Waals surface area (Å²) in [7, 11) is 0. The Balaban J connectivity index is 4.05. The predicted molar refractivity (Wildman–Crippen MR) is 41.3 cm³/mol. The van der Waals surface area contributed by atoms with Crippen LogP contribution in [0.5, 0.6) is 0 Å². The van der Waals surface area contributed by atoms with Crippen LogP contribution in [0.1, 0.15) is 20.3 Å². The zero-order chi connectivity index (χ0) is 8.15. The van der Waals surface area contributed by atoms with E-state index in [2.05, 4.69) is 5.92 Å². The monoisotopic (exact) mass is 139 g/mol. The number of hydrogen-bond acceptors (Lipinski definition) is 2. The van der Waals surface area contributed by atoms with E-state index >= 15 is 0 Å². The van der Waals surface area contributed by atoms with Crippen LogP contribution in [0.3, 0.4) is 0 Å². The fourth-order valence-corrected chi connectivity index (χ4v) is 0.759. The maximum Gasteiger partial charge on any atom is 0.147 e. The lowest BCUT2D eigenvalue weighted by molar-refractivity contribution is -0.118. The molecule has 0 saturated carbocycles. The molecule has 10 heavy (non-hydrogen) atoms. The van der Waals surface area contributed by atoms with Gasteiger partial charge < -0.3 is 5.73 Å². The first kappa shape index (κ1) is 9.19. The average Bonchev–Trinajstić information content (AvgIpc) is 1.90. The molecule has 0 aromatic carbocycles. The molecule has 0 aliphatic heterocycles. The van der Waals surface area contributed by atoms with Crippen molar-refractivity contribution < 1.29 is 4.79 Å². The average molecular weight is 139 g/mol. The Morgan fingerprint density at radius 2 is 2.30 bits per heavy atom. The van der Waals surface area contributed by atoms with Crippen molar-refractivity contribution in [1.29, 1.82) is 0 Å². The van der Waals surface area contributed by atoms with Crippen LogP contribution in [0.15, 0.2) is 0 Å². The Labute approximate surface area is 61.8 Å². The van der Waals surface area contributed by atoms with Crippen molar-refractivity contribution in [1.82, 2.24) is 0 Å². The standard InChI is InChI=1S/C8H13NO/c1-4-7(5-2)8(9)6(3)10/h1,7-8H,5,9H2,2-3H3/t7-,8+/m0/s1. The van der Waals surface area contributed by atoms with Crippen LogP contribution < -0.4 is 5.73 Å². The fraction of sp³-hybridized carbons (Fsp3) is 0.625. The Hall–Kier alpha value is -0.810. The third-order valence-corrected chi connectivity index (χ3v) is 1.56. The van der Waals surface area contributed by atoms with Crippen molar-refractivity contribution >= 4 is 5.78 Å². The first-order valence-corrected chi connectivity index (χ1v) is 3.35. The number of ketones is 1. The second kappa shape index (κ2) is 4.08. The van der Waals surface area contributed by atoms with Gasteiger partial charge in [0.1, 0.15) is 5.78 Å². The Morgan fingerprint density at radius 1 is 1.80 bits per heavy atom. The molecule has 0 aliphatic rings. The van der Waals surface area contributed by atoms with Crippen LogP contribution in [0, 0.1) is 18.3 Å². The molecular weight excluding hydrogens is 126 g/mol. The van der Waals surface area contributed by atoms with Crippen molar-refractivity contribution in [3.05, 3.63) is 0 Å². The van der Waals surface area contributed by atoms with Gasteiger partial charge in [0.05, 0.1) is 6.04 Å². The van der Waals surface area contributed by atoms with Crippen molar-refractivity contribution in [2.45, 2.75) is 26.3 Å². The number of hydrogen-bond donors (Lipinski definition) is 1. The number of Topliss-reactive ketones (excluding diaryl/α,β-unsaturated/α-hetero) is 1. The van der Waals surface area contributed by atoms with Gasteiger partial charge in [0.15, 0.2) is 0 Å². The summed E-state index contributed by atoms with van der Waals surface area (Å²) in [6.07, 6.45) is 5.90. The van der Waals surface area contributed by atoms with Crippen molar-refractivity contribution in [2.24, 2.45) is 11.7 Å². The van der Waals surface area contributed by atoms with E-state index in [4.69, 9.17) is 12.2 Å². The van der Waals surface area contributed by atoms with Gasteiger partial charge >= 0.3 is 0 Å². The molecule has 0 aromatic rings. The highest BCUT2D eigenvalue weighted by Crippen LogP contribution is 2.05. The lowest BCUT2D eigenvalue weighted by Crippen LogP contribution is -2.35. The molecular formula is C8H13NO. The number of rotatable bonds is 3. The zero-order valence-electron chi connectivity index (χ0n) is 6.42. The molecule has 2 N–H and O–H groups in total. The van der Waals surface area contributed by atoms with Gasteiger partial charge in [-0.3, -0.25) is 4.79 Å². The molecule has 0 amide bonds. The van der Waals surface area contributed by atoms with E-state index in [1.807, 2.05) is 6.92 Å². The van der Waals surface area contributed by atoms with E-state index in [1.165, 1.54) is 6.92 Å². The number of carbonyl (C=O) groups is 1. The summed E-state index contributed by atoms with van der Waals surface area (Å²) in [5.74, 6) is 2.35. The second-order valence-electron chi connectivity index (χ2n) is 2.32. The van der Waals surface area contributed by atoms with E-state index in [9.17, 15) is 4.79 Å². The molecule has 0 saturated heterocycles. The molecule has 0 rings (SSSR count). The highest BCUT2D eigenvalue weighted by molar-refractivity contribution is 5.81. The maximum atomic E-state index is 10.7. The van der Waals surface area contributed by atoms with Crippen LogP contribution >= 0.6 is 0 Å². The van der Waals surface area contributed by atoms with Crippen LogP contribution in [0.2, 0.25) is 0 Å². The van der Waals surface area contributed by atoms with E-state index in [-0.39, 0.29) is 11.7 Å². The summed E-state index contributed by atoms with van der Waals surface area (Å²) in [4.78, 5) is 10.7. The number of carbonyl (C=O) groups excluding carboxylic acids is 1. The van der Waals surface area contributed by atoms with Crippen molar-refractivity contribution in [3.8, 4) is 12.3 Å². The molecule has 56 valence electrons. The van der Waals surface area contributed by atoms with Crippen molar-refractivity contribution in [3.63, 3.8) is 0 Å². The lowest BCUT2D eigenvalue weighted by Gasteiger charge is -2.12. The van der Waals surface area contributed by atoms with Crippen LogP contribution in [-0.4, -0.2) is 11.8 Å². The van der Waals surface area contributed by atoms with Gasteiger partial charge in [0, 0.05) is 5.92 Å². The van der Waals surface area contributed by atoms with Gasteiger partial charge in [-0.15, -0.1) is 12.3 Å². The molecule has 0 fully saturated rings. The highest BCUT2D eigenvalue weighted by atomic mass is 16.1. The van der Waals surface area contributed by atoms with E-state index in [0.29, 0.717) is 0 Å². The molecule has 2 atom stereocenters. The number of nitrogens with two attached hydrogens (primary N) is 1. The Bertz CT molecular complexity index is 157. The van der Waals surface area contributed by atoms with Crippen LogP contribution in [0.4, 0.5) is 0 Å². The first-order chi connectivity index (χ1) is 4.63. The molecule has 0 aliphatic carbocycles. The Kier molecular flexibility index (Phi) is 3.75. The summed E-state index contributed by atoms with van der Waals surface area (Å²) in [5.41, 5.74) is 5.49. The Morgan fingerprint density at radius 3 is 2.40 bits per heavy atom. The number of terminal acetylenes is 1. The second-order valence-corrected chi connectivity index (χ2v) is 2.32. The summed E-state index contributed by atoms with van der Waals surface area (Å²) >= 11 is 0. The van der Waals surface area contributed by atoms with Gasteiger partial charge in [0.25, 0.3) is 0 Å². The zero-order valence-corrected chi connectivity index (χ0v) is 6.42. The minimum Gasteiger partial charge on any atom is -0.320 e. The van der Waals surface area contributed by atoms with E-state index < -0.39 is 6.04 Å². The van der Waals surface area contributed by atoms with Crippen molar-refractivity contribution in [2.75, 3.05) is 0 Å². The lowest BCUT2D eigenvalue weighted by atomic mass is 9.96. The molecule has 0 spiro atoms. The van der Waals surface area contributed by atoms with Gasteiger partial charge in [-0.1, -0.05) is 6.92 Å². The minimum absolute atomic E-state index is 0.0372. The van der Waals surface area contributed by atoms with Gasteiger partial charge in [0.2, 0.25) is 0 Å². The maximum absolute atomic E-state index is 10.7. The van der Waals surface area contributed by atoms with Crippen LogP contribution in [-0.2, 0) is 4.79 Å². The van der Waals surface area contributed by atoms with E-state index in [0.717, 1.165) is 6.42 Å². The van der Waals surface area contributed by atoms with Gasteiger partial charge in [-0.25, -0.2) is 0 Å². The smallest absolute Gasteiger partial charge is 0.147 e. The molecule has 0 radical (unpaired) electrons. The third-order valence-electron chi connectivity index (χ3n) is 1.56. The topological polar surface area (TPSA) is 43.1 Å². The third kappa shape index (κ3) is 2.20. The quantitative estimate of drug-likeness (QED) is 0.581. The predicted octanol–water partition coefficient (Wildman–Crippen LogP) is 0.562. The summed E-state index contributed by atoms with van der Waals surface area (Å²) in [6, 6.07) is -0.477. The molecule has 0 bridgehead atoms. The highest BCUT2D eigenvalue weighted by Gasteiger charge is 2.16. The van der Waals surface area contributed by atoms with Gasteiger partial charge in [-0.05, 0) is 13.3 Å². The normalized spacial score (nSPS) is 15.4. The molecule has 0 heterocycles. The fourth-order valence-electron chi connectivity index (χ4n) is 0.759. The summed E-state index contributed by atoms with van der Waals surface area (Å²) in [6.45, 7) is 3.39. The molecule has 2 nitrogen and oxygen atoms in total. The first-order valence-electron chi connectivity index (χ1n) is 3.35. The molecule has 0 aromatic heterocycles. The minimum atomic E-state index is -0.477.